The summed E-state index contributed by atoms with van der Waals surface area (Å²) in [5.41, 5.74) is 28.3. The van der Waals surface area contributed by atoms with Crippen LogP contribution in [0, 0.1) is 0 Å². The lowest BCUT2D eigenvalue weighted by atomic mass is 9.32. The van der Waals surface area contributed by atoms with E-state index in [9.17, 15) is 0 Å². The largest absolute Gasteiger partial charge is 0.456 e. The molecule has 2 atom stereocenters. The summed E-state index contributed by atoms with van der Waals surface area (Å²) in [6.45, 7) is 32.1. The molecule has 3 aliphatic heterocycles. The standard InChI is InChI=1S/C82H82BN3O2/c1-76(2,3)51-33-30-49(31-34-51)50-32-35-62-59(42-50)81(12)36-18-19-37-82(81,13)86(62)52-43-67-75-68(44-52)85(64-25-21-29-72-74(64)54-23-15-17-27-70(54)88-72)66-48-58-56(78(6,7)39-41-80(58,10)11)46-61(66)83(75)60-45-55-57(79(8,9)40-38-77(55,4)5)47-65(60)84(67)63-24-20-28-71-73(63)53-22-14-16-26-69(53)87-71/h14-17,20-35,42-48H,18-19,36-41H2,1-13H3. The summed E-state index contributed by atoms with van der Waals surface area (Å²) in [6.07, 6.45) is 9.10. The number of fused-ring (bicyclic) bond motifs is 15. The summed E-state index contributed by atoms with van der Waals surface area (Å²) < 4.78 is 13.8. The molecule has 17 rings (SSSR count). The van der Waals surface area contributed by atoms with Crippen molar-refractivity contribution in [2.75, 3.05) is 14.7 Å². The van der Waals surface area contributed by atoms with E-state index in [0.29, 0.717) is 0 Å². The van der Waals surface area contributed by atoms with E-state index in [1.54, 1.807) is 0 Å². The van der Waals surface area contributed by atoms with Gasteiger partial charge in [0, 0.05) is 50.3 Å². The Labute approximate surface area is 520 Å². The number of nitrogens with zero attached hydrogens (tertiary/aromatic N) is 3. The van der Waals surface area contributed by atoms with Crippen LogP contribution in [0.5, 0.6) is 0 Å². The third-order valence-electron chi connectivity index (χ3n) is 23.7. The van der Waals surface area contributed by atoms with Crippen molar-refractivity contribution in [1.29, 1.82) is 0 Å². The molecule has 88 heavy (non-hydrogen) atoms. The monoisotopic (exact) mass is 1150 g/mol. The highest BCUT2D eigenvalue weighted by molar-refractivity contribution is 7.00. The Kier molecular flexibility index (Phi) is 11.0. The minimum absolute atomic E-state index is 0.0250. The number of furan rings is 2. The van der Waals surface area contributed by atoms with Crippen molar-refractivity contribution in [1.82, 2.24) is 0 Å². The van der Waals surface area contributed by atoms with Gasteiger partial charge in [0.05, 0.1) is 27.7 Å². The van der Waals surface area contributed by atoms with E-state index in [1.165, 1.54) is 108 Å². The molecule has 6 aliphatic rings. The van der Waals surface area contributed by atoms with Gasteiger partial charge in [-0.3, -0.25) is 0 Å². The van der Waals surface area contributed by atoms with Crippen LogP contribution in [-0.2, 0) is 32.5 Å². The quantitative estimate of drug-likeness (QED) is 0.164. The highest BCUT2D eigenvalue weighted by Gasteiger charge is 2.59. The van der Waals surface area contributed by atoms with Crippen LogP contribution in [-0.4, -0.2) is 12.3 Å². The van der Waals surface area contributed by atoms with Crippen molar-refractivity contribution < 1.29 is 8.83 Å². The summed E-state index contributed by atoms with van der Waals surface area (Å²) in [5, 5.41) is 4.54. The molecule has 0 spiro atoms. The van der Waals surface area contributed by atoms with Gasteiger partial charge in [0.25, 0.3) is 6.71 Å². The summed E-state index contributed by atoms with van der Waals surface area (Å²) >= 11 is 0. The van der Waals surface area contributed by atoms with E-state index in [2.05, 4.69) is 269 Å². The molecule has 11 aromatic rings. The third kappa shape index (κ3) is 7.35. The Hall–Kier alpha value is -7.96. The Morgan fingerprint density at radius 2 is 0.841 bits per heavy atom. The van der Waals surface area contributed by atoms with Crippen LogP contribution in [0.1, 0.15) is 175 Å². The number of rotatable bonds is 4. The normalized spacial score (nSPS) is 21.7. The van der Waals surface area contributed by atoms with Gasteiger partial charge in [-0.2, -0.15) is 0 Å². The highest BCUT2D eigenvalue weighted by atomic mass is 16.3. The number of benzene rings is 9. The molecule has 5 nitrogen and oxygen atoms in total. The molecule has 0 bridgehead atoms. The van der Waals surface area contributed by atoms with Crippen LogP contribution in [0.4, 0.5) is 45.5 Å². The first-order valence-corrected chi connectivity index (χ1v) is 33.0. The zero-order valence-electron chi connectivity index (χ0n) is 54.0. The molecule has 3 aliphatic carbocycles. The zero-order chi connectivity index (χ0) is 60.6. The highest BCUT2D eigenvalue weighted by Crippen LogP contribution is 2.63. The molecule has 0 saturated heterocycles. The van der Waals surface area contributed by atoms with E-state index < -0.39 is 0 Å². The van der Waals surface area contributed by atoms with E-state index in [1.807, 2.05) is 0 Å². The molecule has 9 aromatic carbocycles. The second-order valence-corrected chi connectivity index (χ2v) is 31.7. The Morgan fingerprint density at radius 1 is 0.386 bits per heavy atom. The van der Waals surface area contributed by atoms with Gasteiger partial charge in [0.2, 0.25) is 0 Å². The maximum absolute atomic E-state index is 6.90. The summed E-state index contributed by atoms with van der Waals surface area (Å²) in [4.78, 5) is 8.30. The molecule has 6 heteroatoms. The molecule has 440 valence electrons. The lowest BCUT2D eigenvalue weighted by Gasteiger charge is -2.51. The lowest BCUT2D eigenvalue weighted by molar-refractivity contribution is 0.195. The predicted molar refractivity (Wildman–Crippen MR) is 373 cm³/mol. The van der Waals surface area contributed by atoms with Gasteiger partial charge < -0.3 is 23.5 Å². The SMILES string of the molecule is CC(C)(C)c1ccc(-c2ccc3c(c2)C2(C)CCCCC2(C)N3c2cc3c4c(c2)N(c2cccc5oc6ccccc6c25)c2cc5c(cc2B4c2cc4c(cc2N3c2cccc3oc6ccccc6c23)C(C)(C)CCC4(C)C)C(C)(C)CCC5(C)C)cc1. The summed E-state index contributed by atoms with van der Waals surface area (Å²) in [6, 6.07) is 64.0. The van der Waals surface area contributed by atoms with E-state index >= 15 is 0 Å². The zero-order valence-corrected chi connectivity index (χ0v) is 54.0. The van der Waals surface area contributed by atoms with Gasteiger partial charge >= 0.3 is 0 Å². The maximum Gasteiger partial charge on any atom is 0.252 e. The van der Waals surface area contributed by atoms with Crippen molar-refractivity contribution in [3.63, 3.8) is 0 Å². The number of hydrogen-bond acceptors (Lipinski definition) is 5. The van der Waals surface area contributed by atoms with Gasteiger partial charge in [0.15, 0.2) is 0 Å². The molecule has 0 amide bonds. The molecule has 2 unspecified atom stereocenters. The van der Waals surface area contributed by atoms with E-state index in [-0.39, 0.29) is 44.7 Å². The first-order chi connectivity index (χ1) is 42.0. The van der Waals surface area contributed by atoms with Gasteiger partial charge in [0.1, 0.15) is 22.3 Å². The van der Waals surface area contributed by atoms with Crippen LogP contribution in [0.3, 0.4) is 0 Å². The first-order valence-electron chi connectivity index (χ1n) is 33.0. The fourth-order valence-corrected chi connectivity index (χ4v) is 18.1. The van der Waals surface area contributed by atoms with E-state index in [0.717, 1.165) is 93.8 Å². The van der Waals surface area contributed by atoms with Gasteiger partial charge in [-0.25, -0.2) is 0 Å². The van der Waals surface area contributed by atoms with Crippen molar-refractivity contribution >= 4 is 112 Å². The molecular formula is C82H82BN3O2. The van der Waals surface area contributed by atoms with Crippen LogP contribution >= 0.6 is 0 Å². The van der Waals surface area contributed by atoms with Crippen molar-refractivity contribution in [2.24, 2.45) is 0 Å². The van der Waals surface area contributed by atoms with Crippen LogP contribution in [0.15, 0.2) is 173 Å². The number of anilines is 8. The second-order valence-electron chi connectivity index (χ2n) is 31.7. The average molecular weight is 1150 g/mol. The smallest absolute Gasteiger partial charge is 0.252 e. The number of para-hydroxylation sites is 2. The Morgan fingerprint density at radius 3 is 1.34 bits per heavy atom. The maximum atomic E-state index is 6.90. The fraction of sp³-hybridized carbons (Fsp3) is 0.341. The number of hydrogen-bond donors (Lipinski definition) is 0. The molecular weight excluding hydrogens is 1070 g/mol. The molecule has 0 radical (unpaired) electrons. The predicted octanol–water partition coefficient (Wildman–Crippen LogP) is 21.0. The molecule has 1 fully saturated rings. The molecule has 5 heterocycles. The average Bonchev–Trinajstić information content (AvgIpc) is 1.06. The molecule has 2 aromatic heterocycles. The summed E-state index contributed by atoms with van der Waals surface area (Å²) in [5.74, 6) is 0. The molecule has 0 N–H and O–H groups in total. The topological polar surface area (TPSA) is 36.0 Å². The fourth-order valence-electron chi connectivity index (χ4n) is 18.1. The van der Waals surface area contributed by atoms with Crippen molar-refractivity contribution in [2.45, 2.75) is 179 Å². The van der Waals surface area contributed by atoms with Crippen LogP contribution < -0.4 is 31.1 Å². The first kappa shape index (κ1) is 54.2. The van der Waals surface area contributed by atoms with Crippen molar-refractivity contribution in [3.8, 4) is 11.1 Å². The van der Waals surface area contributed by atoms with Crippen LogP contribution in [0.25, 0.3) is 55.0 Å². The second kappa shape index (κ2) is 17.9. The third-order valence-corrected chi connectivity index (χ3v) is 23.7. The van der Waals surface area contributed by atoms with Crippen molar-refractivity contribution in [3.05, 3.63) is 197 Å². The molecule has 1 saturated carbocycles. The minimum Gasteiger partial charge on any atom is -0.456 e. The van der Waals surface area contributed by atoms with Gasteiger partial charge in [-0.05, 0) is 206 Å². The Bertz CT molecular complexity index is 4590. The minimum atomic E-state index is -0.248. The van der Waals surface area contributed by atoms with E-state index in [4.69, 9.17) is 8.83 Å². The van der Waals surface area contributed by atoms with Gasteiger partial charge in [-0.15, -0.1) is 0 Å². The summed E-state index contributed by atoms with van der Waals surface area (Å²) in [7, 11) is 0. The Balaban J connectivity index is 1.03. The van der Waals surface area contributed by atoms with Crippen LogP contribution in [0.2, 0.25) is 0 Å². The van der Waals surface area contributed by atoms with Gasteiger partial charge in [-0.1, -0.05) is 187 Å². The lowest BCUT2D eigenvalue weighted by Crippen LogP contribution is -2.62.